The zero-order valence-corrected chi connectivity index (χ0v) is 13.2. The summed E-state index contributed by atoms with van der Waals surface area (Å²) in [5, 5.41) is 19.8. The molecule has 0 amide bonds. The highest BCUT2D eigenvalue weighted by atomic mass is 16.6. The first-order chi connectivity index (χ1) is 11.7. The molecule has 0 radical (unpaired) electrons. The van der Waals surface area contributed by atoms with Gasteiger partial charge in [-0.15, -0.1) is 6.58 Å². The largest absolute Gasteiger partial charge is 0.394 e. The summed E-state index contributed by atoms with van der Waals surface area (Å²) in [6.07, 6.45) is 3.25. The van der Waals surface area contributed by atoms with Crippen molar-refractivity contribution in [2.24, 2.45) is 0 Å². The molecule has 1 unspecified atom stereocenters. The number of unbranched alkanes of at least 4 members (excludes halogenated alkanes) is 1. The van der Waals surface area contributed by atoms with Crippen LogP contribution in [0.5, 0.6) is 0 Å². The van der Waals surface area contributed by atoms with Crippen LogP contribution >= 0.6 is 0 Å². The number of allylic oxidation sites excluding steroid dienone is 1. The Morgan fingerprint density at radius 2 is 2.25 bits per heavy atom. The summed E-state index contributed by atoms with van der Waals surface area (Å²) in [6.45, 7) is 3.80. The molecular formula is C15H21N5O4. The number of hydrogen-bond donors (Lipinski definition) is 3. The number of imidazole rings is 1. The maximum Gasteiger partial charge on any atom is 0.167 e. The molecule has 0 aliphatic carbocycles. The molecule has 3 rings (SSSR count). The van der Waals surface area contributed by atoms with E-state index >= 15 is 0 Å². The van der Waals surface area contributed by atoms with Crippen LogP contribution < -0.4 is 5.73 Å². The third-order valence-electron chi connectivity index (χ3n) is 4.02. The van der Waals surface area contributed by atoms with Crippen LogP contribution in [0.2, 0.25) is 0 Å². The van der Waals surface area contributed by atoms with Crippen molar-refractivity contribution in [3.63, 3.8) is 0 Å². The van der Waals surface area contributed by atoms with Gasteiger partial charge in [0.2, 0.25) is 0 Å². The molecule has 4 N–H and O–H groups in total. The van der Waals surface area contributed by atoms with Gasteiger partial charge in [-0.2, -0.15) is 0 Å². The Kier molecular flexibility index (Phi) is 5.05. The Bertz CT molecular complexity index is 706. The Morgan fingerprint density at radius 1 is 1.42 bits per heavy atom. The highest BCUT2D eigenvalue weighted by molar-refractivity contribution is 5.81. The van der Waals surface area contributed by atoms with E-state index in [4.69, 9.17) is 15.2 Å². The fourth-order valence-corrected chi connectivity index (χ4v) is 2.78. The number of nitrogen functional groups attached to an aromatic ring is 1. The van der Waals surface area contributed by atoms with E-state index in [1.807, 2.05) is 6.08 Å². The third kappa shape index (κ3) is 2.98. The number of aliphatic hydroxyl groups is 2. The highest BCUT2D eigenvalue weighted by Crippen LogP contribution is 2.33. The van der Waals surface area contributed by atoms with Gasteiger partial charge in [-0.25, -0.2) is 15.0 Å². The van der Waals surface area contributed by atoms with Crippen molar-refractivity contribution in [2.75, 3.05) is 18.9 Å². The molecule has 1 aliphatic heterocycles. The molecule has 2 aromatic heterocycles. The highest BCUT2D eigenvalue weighted by Gasteiger charge is 2.45. The standard InChI is InChI=1S/C15H21N5O4/c1-2-3-4-5-23-12-11(22)9(6-21)24-15(12)20-8-19-10-13(16)17-7-18-14(10)20/h2,7-9,11-12,15,21-22H,1,3-6H2,(H2,16,17,18)/t9-,11?,12+,15-/m1/s1. The summed E-state index contributed by atoms with van der Waals surface area (Å²) in [5.74, 6) is 0.263. The smallest absolute Gasteiger partial charge is 0.167 e. The number of fused-ring (bicyclic) bond motifs is 1. The van der Waals surface area contributed by atoms with Crippen molar-refractivity contribution < 1.29 is 19.7 Å². The molecule has 1 fully saturated rings. The van der Waals surface area contributed by atoms with Crippen LogP contribution in [0.15, 0.2) is 25.3 Å². The minimum Gasteiger partial charge on any atom is -0.394 e. The second kappa shape index (κ2) is 7.22. The van der Waals surface area contributed by atoms with Gasteiger partial charge >= 0.3 is 0 Å². The van der Waals surface area contributed by atoms with Crippen molar-refractivity contribution >= 4 is 17.0 Å². The van der Waals surface area contributed by atoms with E-state index in [2.05, 4.69) is 21.5 Å². The number of aliphatic hydroxyl groups excluding tert-OH is 2. The van der Waals surface area contributed by atoms with E-state index in [1.54, 1.807) is 4.57 Å². The van der Waals surface area contributed by atoms with Crippen LogP contribution in [0.25, 0.3) is 11.2 Å². The fourth-order valence-electron chi connectivity index (χ4n) is 2.78. The molecule has 3 heterocycles. The molecule has 9 nitrogen and oxygen atoms in total. The summed E-state index contributed by atoms with van der Waals surface area (Å²) in [4.78, 5) is 12.3. The van der Waals surface area contributed by atoms with Crippen LogP contribution in [0, 0.1) is 0 Å². The van der Waals surface area contributed by atoms with Crippen LogP contribution in [0.3, 0.4) is 0 Å². The number of rotatable bonds is 7. The van der Waals surface area contributed by atoms with Gasteiger partial charge in [0.15, 0.2) is 17.7 Å². The zero-order chi connectivity index (χ0) is 17.1. The average molecular weight is 335 g/mol. The lowest BCUT2D eigenvalue weighted by Crippen LogP contribution is -2.35. The van der Waals surface area contributed by atoms with Crippen LogP contribution in [0.1, 0.15) is 19.1 Å². The van der Waals surface area contributed by atoms with E-state index in [1.165, 1.54) is 12.7 Å². The summed E-state index contributed by atoms with van der Waals surface area (Å²) in [7, 11) is 0. The predicted octanol–water partition coefficient (Wildman–Crippen LogP) is 0.0105. The number of aromatic nitrogens is 4. The van der Waals surface area contributed by atoms with Crippen molar-refractivity contribution in [2.45, 2.75) is 37.4 Å². The number of anilines is 1. The van der Waals surface area contributed by atoms with Crippen molar-refractivity contribution in [1.82, 2.24) is 19.5 Å². The van der Waals surface area contributed by atoms with E-state index in [0.29, 0.717) is 17.8 Å². The minimum absolute atomic E-state index is 0.263. The Balaban J connectivity index is 1.87. The summed E-state index contributed by atoms with van der Waals surface area (Å²) >= 11 is 0. The van der Waals surface area contributed by atoms with Gasteiger partial charge in [-0.3, -0.25) is 4.57 Å². The van der Waals surface area contributed by atoms with E-state index in [-0.39, 0.29) is 12.4 Å². The van der Waals surface area contributed by atoms with Crippen LogP contribution in [-0.4, -0.2) is 61.3 Å². The normalized spacial score (nSPS) is 26.9. The molecule has 9 heteroatoms. The second-order valence-corrected chi connectivity index (χ2v) is 5.59. The Hall–Kier alpha value is -2.07. The van der Waals surface area contributed by atoms with Crippen molar-refractivity contribution in [3.05, 3.63) is 25.3 Å². The van der Waals surface area contributed by atoms with Crippen LogP contribution in [0.4, 0.5) is 5.82 Å². The molecule has 4 atom stereocenters. The molecule has 2 aromatic rings. The second-order valence-electron chi connectivity index (χ2n) is 5.59. The number of ether oxygens (including phenoxy) is 2. The molecule has 1 saturated heterocycles. The maximum atomic E-state index is 10.4. The quantitative estimate of drug-likeness (QED) is 0.477. The number of nitrogens with two attached hydrogens (primary N) is 1. The van der Waals surface area contributed by atoms with Crippen molar-refractivity contribution in [1.29, 1.82) is 0 Å². The lowest BCUT2D eigenvalue weighted by atomic mass is 10.1. The lowest BCUT2D eigenvalue weighted by Gasteiger charge is -2.22. The molecule has 0 saturated carbocycles. The summed E-state index contributed by atoms with van der Waals surface area (Å²) < 4.78 is 13.2. The molecule has 0 bridgehead atoms. The molecule has 0 spiro atoms. The summed E-state index contributed by atoms with van der Waals surface area (Å²) in [5.41, 5.74) is 6.74. The Labute approximate surface area is 138 Å². The van der Waals surface area contributed by atoms with Gasteiger partial charge in [0, 0.05) is 6.61 Å². The molecule has 0 aromatic carbocycles. The van der Waals surface area contributed by atoms with Gasteiger partial charge in [0.25, 0.3) is 0 Å². The lowest BCUT2D eigenvalue weighted by molar-refractivity contribution is -0.0707. The Morgan fingerprint density at radius 3 is 3.00 bits per heavy atom. The number of hydrogen-bond acceptors (Lipinski definition) is 8. The topological polar surface area (TPSA) is 129 Å². The zero-order valence-electron chi connectivity index (χ0n) is 13.2. The first kappa shape index (κ1) is 16.8. The maximum absolute atomic E-state index is 10.4. The minimum atomic E-state index is -0.958. The van der Waals surface area contributed by atoms with Gasteiger partial charge < -0.3 is 25.4 Å². The van der Waals surface area contributed by atoms with E-state index in [0.717, 1.165) is 12.8 Å². The van der Waals surface area contributed by atoms with E-state index in [9.17, 15) is 10.2 Å². The number of nitrogens with zero attached hydrogens (tertiary/aromatic N) is 4. The van der Waals surface area contributed by atoms with E-state index < -0.39 is 24.5 Å². The molecule has 24 heavy (non-hydrogen) atoms. The van der Waals surface area contributed by atoms with Crippen molar-refractivity contribution in [3.8, 4) is 0 Å². The van der Waals surface area contributed by atoms with Crippen LogP contribution in [-0.2, 0) is 9.47 Å². The van der Waals surface area contributed by atoms with Gasteiger partial charge in [-0.05, 0) is 12.8 Å². The monoisotopic (exact) mass is 335 g/mol. The van der Waals surface area contributed by atoms with Gasteiger partial charge in [0.1, 0.15) is 30.2 Å². The third-order valence-corrected chi connectivity index (χ3v) is 4.02. The molecular weight excluding hydrogens is 314 g/mol. The first-order valence-electron chi connectivity index (χ1n) is 7.77. The SMILES string of the molecule is C=CCCCO[C@H]1C(O)[C@@H](CO)O[C@H]1n1cnc2c(N)ncnc21. The molecule has 130 valence electrons. The van der Waals surface area contributed by atoms with Gasteiger partial charge in [0.05, 0.1) is 12.9 Å². The predicted molar refractivity (Wildman–Crippen MR) is 85.9 cm³/mol. The average Bonchev–Trinajstić information content (AvgIpc) is 3.14. The fraction of sp³-hybridized carbons (Fsp3) is 0.533. The summed E-state index contributed by atoms with van der Waals surface area (Å²) in [6, 6.07) is 0. The van der Waals surface area contributed by atoms with Gasteiger partial charge in [-0.1, -0.05) is 6.08 Å². The molecule has 1 aliphatic rings. The first-order valence-corrected chi connectivity index (χ1v) is 7.77.